The van der Waals surface area contributed by atoms with Gasteiger partial charge in [0.2, 0.25) is 0 Å². The van der Waals surface area contributed by atoms with E-state index in [4.69, 9.17) is 4.74 Å². The number of methoxy groups -OCH3 is 1. The second-order valence-corrected chi connectivity index (χ2v) is 4.16. The summed E-state index contributed by atoms with van der Waals surface area (Å²) in [5.74, 6) is 0.336. The molecule has 2 atom stereocenters. The van der Waals surface area contributed by atoms with E-state index in [0.29, 0.717) is 12.8 Å². The van der Waals surface area contributed by atoms with Crippen molar-refractivity contribution in [3.05, 3.63) is 0 Å². The van der Waals surface area contributed by atoms with Gasteiger partial charge in [-0.25, -0.2) is 0 Å². The second kappa shape index (κ2) is 2.82. The first-order valence-corrected chi connectivity index (χ1v) is 4.79. The van der Waals surface area contributed by atoms with Crippen LogP contribution in [0.1, 0.15) is 32.1 Å². The predicted octanol–water partition coefficient (Wildman–Crippen LogP) is 1.31. The first-order valence-electron chi connectivity index (χ1n) is 4.79. The zero-order chi connectivity index (χ0) is 9.47. The average molecular weight is 182 g/mol. The highest BCUT2D eigenvalue weighted by Gasteiger charge is 2.55. The van der Waals surface area contributed by atoms with Crippen LogP contribution in [-0.2, 0) is 14.3 Å². The maximum atomic E-state index is 11.6. The van der Waals surface area contributed by atoms with Crippen LogP contribution in [0.2, 0.25) is 0 Å². The Morgan fingerprint density at radius 3 is 3.08 bits per heavy atom. The van der Waals surface area contributed by atoms with Gasteiger partial charge in [-0.1, -0.05) is 6.42 Å². The summed E-state index contributed by atoms with van der Waals surface area (Å²) in [5.41, 5.74) is -0.425. The zero-order valence-corrected chi connectivity index (χ0v) is 7.84. The van der Waals surface area contributed by atoms with Crippen LogP contribution in [0.4, 0.5) is 0 Å². The van der Waals surface area contributed by atoms with Crippen molar-refractivity contribution in [3.8, 4) is 0 Å². The summed E-state index contributed by atoms with van der Waals surface area (Å²) in [6.07, 6.45) is 3.93. The van der Waals surface area contributed by atoms with Crippen molar-refractivity contribution in [2.75, 3.05) is 7.11 Å². The molecule has 3 heteroatoms. The van der Waals surface area contributed by atoms with Gasteiger partial charge in [0.05, 0.1) is 12.5 Å². The molecule has 0 radical (unpaired) electrons. The third kappa shape index (κ3) is 1.10. The fourth-order valence-electron chi connectivity index (χ4n) is 2.92. The molecule has 0 aromatic carbocycles. The van der Waals surface area contributed by atoms with Crippen LogP contribution >= 0.6 is 0 Å². The van der Waals surface area contributed by atoms with Crippen molar-refractivity contribution >= 4 is 11.8 Å². The molecule has 2 unspecified atom stereocenters. The molecule has 2 aliphatic carbocycles. The second-order valence-electron chi connectivity index (χ2n) is 4.16. The van der Waals surface area contributed by atoms with E-state index in [9.17, 15) is 9.59 Å². The number of esters is 1. The number of Topliss-reactive ketones (excluding diaryl/α,β-unsaturated/α-hetero) is 1. The summed E-state index contributed by atoms with van der Waals surface area (Å²) in [4.78, 5) is 22.9. The van der Waals surface area contributed by atoms with E-state index in [2.05, 4.69) is 0 Å². The Balaban J connectivity index is 2.27. The summed E-state index contributed by atoms with van der Waals surface area (Å²) in [6, 6.07) is 0. The number of carbonyl (C=O) groups is 2. The third-order valence-corrected chi connectivity index (χ3v) is 3.54. The van der Waals surface area contributed by atoms with Gasteiger partial charge in [-0.05, 0) is 18.8 Å². The summed E-state index contributed by atoms with van der Waals surface area (Å²) in [6.45, 7) is 0. The average Bonchev–Trinajstić information content (AvgIpc) is 2.59. The van der Waals surface area contributed by atoms with Gasteiger partial charge in [-0.15, -0.1) is 0 Å². The minimum Gasteiger partial charge on any atom is -0.469 e. The highest BCUT2D eigenvalue weighted by atomic mass is 16.5. The lowest BCUT2D eigenvalue weighted by Gasteiger charge is -2.24. The molecule has 0 heterocycles. The van der Waals surface area contributed by atoms with Crippen LogP contribution in [0, 0.1) is 11.3 Å². The molecule has 3 nitrogen and oxygen atoms in total. The van der Waals surface area contributed by atoms with Crippen LogP contribution in [0.3, 0.4) is 0 Å². The molecule has 0 saturated heterocycles. The number of hydrogen-bond acceptors (Lipinski definition) is 3. The number of ether oxygens (including phenoxy) is 1. The van der Waals surface area contributed by atoms with Crippen molar-refractivity contribution in [1.29, 1.82) is 0 Å². The summed E-state index contributed by atoms with van der Waals surface area (Å²) in [7, 11) is 1.41. The lowest BCUT2D eigenvalue weighted by atomic mass is 9.80. The van der Waals surface area contributed by atoms with Crippen LogP contribution in [0.5, 0.6) is 0 Å². The summed E-state index contributed by atoms with van der Waals surface area (Å²) >= 11 is 0. The highest BCUT2D eigenvalue weighted by molar-refractivity contribution is 5.91. The number of rotatable bonds is 1. The summed E-state index contributed by atoms with van der Waals surface area (Å²) < 4.78 is 4.80. The molecular formula is C10H14O3. The number of hydrogen-bond donors (Lipinski definition) is 0. The minimum atomic E-state index is -0.425. The SMILES string of the molecule is COC(=O)C12CCCC1CC(=O)C2. The molecular weight excluding hydrogens is 168 g/mol. The Morgan fingerprint density at radius 1 is 1.62 bits per heavy atom. The van der Waals surface area contributed by atoms with Crippen molar-refractivity contribution in [1.82, 2.24) is 0 Å². The maximum Gasteiger partial charge on any atom is 0.312 e. The Kier molecular flexibility index (Phi) is 1.90. The van der Waals surface area contributed by atoms with E-state index in [1.54, 1.807) is 0 Å². The molecule has 13 heavy (non-hydrogen) atoms. The summed E-state index contributed by atoms with van der Waals surface area (Å²) in [5, 5.41) is 0. The standard InChI is InChI=1S/C10H14O3/c1-13-9(12)10-4-2-3-7(10)5-8(11)6-10/h7H,2-6H2,1H3. The van der Waals surface area contributed by atoms with Gasteiger partial charge < -0.3 is 4.74 Å². The molecule has 0 aliphatic heterocycles. The number of carbonyl (C=O) groups excluding carboxylic acids is 2. The fourth-order valence-corrected chi connectivity index (χ4v) is 2.92. The van der Waals surface area contributed by atoms with Crippen LogP contribution in [0.15, 0.2) is 0 Å². The lowest BCUT2D eigenvalue weighted by Crippen LogP contribution is -2.32. The number of ketones is 1. The monoisotopic (exact) mass is 182 g/mol. The quantitative estimate of drug-likeness (QED) is 0.574. The molecule has 2 aliphatic rings. The van der Waals surface area contributed by atoms with Gasteiger partial charge in [-0.3, -0.25) is 9.59 Å². The molecule has 2 rings (SSSR count). The first-order chi connectivity index (χ1) is 6.19. The minimum absolute atomic E-state index is 0.166. The lowest BCUT2D eigenvalue weighted by molar-refractivity contribution is -0.154. The molecule has 0 N–H and O–H groups in total. The van der Waals surface area contributed by atoms with Gasteiger partial charge in [0.15, 0.2) is 0 Å². The van der Waals surface area contributed by atoms with Crippen LogP contribution in [0.25, 0.3) is 0 Å². The van der Waals surface area contributed by atoms with Crippen molar-refractivity contribution in [2.24, 2.45) is 11.3 Å². The van der Waals surface area contributed by atoms with Crippen LogP contribution < -0.4 is 0 Å². The molecule has 0 aromatic heterocycles. The van der Waals surface area contributed by atoms with E-state index < -0.39 is 5.41 Å². The molecule has 0 amide bonds. The zero-order valence-electron chi connectivity index (χ0n) is 7.84. The van der Waals surface area contributed by atoms with Gasteiger partial charge in [0, 0.05) is 12.8 Å². The molecule has 0 spiro atoms. The largest absolute Gasteiger partial charge is 0.469 e. The topological polar surface area (TPSA) is 43.4 Å². The van der Waals surface area contributed by atoms with Crippen LogP contribution in [-0.4, -0.2) is 18.9 Å². The van der Waals surface area contributed by atoms with Crippen molar-refractivity contribution < 1.29 is 14.3 Å². The Hall–Kier alpha value is -0.860. The Morgan fingerprint density at radius 2 is 2.38 bits per heavy atom. The van der Waals surface area contributed by atoms with Gasteiger partial charge in [-0.2, -0.15) is 0 Å². The van der Waals surface area contributed by atoms with Crippen molar-refractivity contribution in [3.63, 3.8) is 0 Å². The normalized spacial score (nSPS) is 37.6. The van der Waals surface area contributed by atoms with Crippen molar-refractivity contribution in [2.45, 2.75) is 32.1 Å². The smallest absolute Gasteiger partial charge is 0.312 e. The van der Waals surface area contributed by atoms with Gasteiger partial charge in [0.1, 0.15) is 5.78 Å². The van der Waals surface area contributed by atoms with E-state index in [1.807, 2.05) is 0 Å². The maximum absolute atomic E-state index is 11.6. The predicted molar refractivity (Wildman–Crippen MR) is 46.0 cm³/mol. The molecule has 0 bridgehead atoms. The van der Waals surface area contributed by atoms with E-state index >= 15 is 0 Å². The molecule has 2 saturated carbocycles. The Bertz CT molecular complexity index is 259. The molecule has 72 valence electrons. The van der Waals surface area contributed by atoms with Gasteiger partial charge >= 0.3 is 5.97 Å². The van der Waals surface area contributed by atoms with E-state index in [1.165, 1.54) is 7.11 Å². The number of fused-ring (bicyclic) bond motifs is 1. The Labute approximate surface area is 77.4 Å². The third-order valence-electron chi connectivity index (χ3n) is 3.54. The van der Waals surface area contributed by atoms with E-state index in [0.717, 1.165) is 19.3 Å². The fraction of sp³-hybridized carbons (Fsp3) is 0.800. The molecule has 0 aromatic rings. The molecule has 2 fully saturated rings. The first kappa shape index (κ1) is 8.73. The van der Waals surface area contributed by atoms with E-state index in [-0.39, 0.29) is 17.7 Å². The highest BCUT2D eigenvalue weighted by Crippen LogP contribution is 2.53. The van der Waals surface area contributed by atoms with Gasteiger partial charge in [0.25, 0.3) is 0 Å².